The average molecular weight is 374 g/mol. The van der Waals surface area contributed by atoms with Gasteiger partial charge in [-0.2, -0.15) is 5.10 Å². The fourth-order valence-electron chi connectivity index (χ4n) is 2.08. The summed E-state index contributed by atoms with van der Waals surface area (Å²) in [5, 5.41) is 11.9. The number of ether oxygens (including phenoxy) is 1. The van der Waals surface area contributed by atoms with Crippen LogP contribution in [0.15, 0.2) is 39.0 Å². The third-order valence-corrected chi connectivity index (χ3v) is 3.41. The van der Waals surface area contributed by atoms with Crippen molar-refractivity contribution in [3.05, 3.63) is 50.7 Å². The fraction of sp³-hybridized carbons (Fsp3) is 0.353. The topological polar surface area (TPSA) is 141 Å². The maximum absolute atomic E-state index is 11.7. The summed E-state index contributed by atoms with van der Waals surface area (Å²) in [5.74, 6) is 0.0960. The van der Waals surface area contributed by atoms with Gasteiger partial charge in [0, 0.05) is 0 Å². The van der Waals surface area contributed by atoms with Gasteiger partial charge >= 0.3 is 5.69 Å². The van der Waals surface area contributed by atoms with Crippen molar-refractivity contribution >= 4 is 17.9 Å². The van der Waals surface area contributed by atoms with Gasteiger partial charge in [0.25, 0.3) is 11.5 Å². The van der Waals surface area contributed by atoms with Crippen molar-refractivity contribution in [1.29, 1.82) is 0 Å². The number of hydrogen-bond donors (Lipinski definition) is 4. The number of unbranched alkanes of at least 4 members (excludes halogenated alkanes) is 2. The molecule has 10 heteroatoms. The third kappa shape index (κ3) is 7.14. The van der Waals surface area contributed by atoms with Crippen LogP contribution in [-0.2, 0) is 4.79 Å². The molecule has 0 atom stereocenters. The number of aromatic nitrogens is 3. The number of carbonyl (C=O) groups excluding carboxylic acids is 1. The molecule has 0 aliphatic heterocycles. The van der Waals surface area contributed by atoms with Crippen LogP contribution in [0.3, 0.4) is 0 Å². The minimum Gasteiger partial charge on any atom is -0.494 e. The SMILES string of the molecule is CCCCCOc1cccc(/C=N/NC(=O)CNc2n[nH]c(=O)[nH]c2=O)c1. The van der Waals surface area contributed by atoms with Gasteiger partial charge in [-0.3, -0.25) is 14.6 Å². The monoisotopic (exact) mass is 374 g/mol. The summed E-state index contributed by atoms with van der Waals surface area (Å²) in [5.41, 5.74) is 1.66. The molecule has 0 radical (unpaired) electrons. The van der Waals surface area contributed by atoms with E-state index in [1.807, 2.05) is 29.2 Å². The Bertz CT molecular complexity index is 889. The molecule has 0 fully saturated rings. The summed E-state index contributed by atoms with van der Waals surface area (Å²) in [6.45, 7) is 2.56. The molecule has 0 saturated heterocycles. The van der Waals surface area contributed by atoms with E-state index in [1.54, 1.807) is 0 Å². The summed E-state index contributed by atoms with van der Waals surface area (Å²) in [6, 6.07) is 7.36. The molecule has 0 bridgehead atoms. The van der Waals surface area contributed by atoms with Crippen LogP contribution >= 0.6 is 0 Å². The number of nitrogens with one attached hydrogen (secondary N) is 4. The Hall–Kier alpha value is -3.43. The molecule has 0 aliphatic rings. The molecule has 2 aromatic rings. The van der Waals surface area contributed by atoms with Crippen molar-refractivity contribution in [1.82, 2.24) is 20.6 Å². The lowest BCUT2D eigenvalue weighted by Crippen LogP contribution is -2.31. The molecule has 27 heavy (non-hydrogen) atoms. The molecule has 0 spiro atoms. The zero-order chi connectivity index (χ0) is 19.5. The Balaban J connectivity index is 1.79. The standard InChI is InChI=1S/C17H22N6O4/c1-2-3-4-8-27-13-7-5-6-12(9-13)10-19-21-14(24)11-18-15-16(25)20-17(26)23-22-15/h5-7,9-10H,2-4,8,11H2,1H3,(H,18,22)(H,21,24)(H2,20,23,25,26)/b19-10+. The van der Waals surface area contributed by atoms with Gasteiger partial charge in [-0.25, -0.2) is 15.3 Å². The van der Waals surface area contributed by atoms with Crippen LogP contribution in [0.4, 0.5) is 5.82 Å². The van der Waals surface area contributed by atoms with Crippen molar-refractivity contribution in [2.45, 2.75) is 26.2 Å². The van der Waals surface area contributed by atoms with Crippen LogP contribution in [0.2, 0.25) is 0 Å². The second kappa shape index (κ2) is 10.5. The number of rotatable bonds is 10. The van der Waals surface area contributed by atoms with E-state index in [-0.39, 0.29) is 12.4 Å². The number of benzene rings is 1. The highest BCUT2D eigenvalue weighted by Crippen LogP contribution is 2.12. The first-order chi connectivity index (χ1) is 13.1. The molecule has 1 aromatic carbocycles. The second-order valence-electron chi connectivity index (χ2n) is 5.63. The van der Waals surface area contributed by atoms with Crippen LogP contribution in [0.25, 0.3) is 0 Å². The number of hydrogen-bond acceptors (Lipinski definition) is 7. The largest absolute Gasteiger partial charge is 0.494 e. The number of hydrazone groups is 1. The summed E-state index contributed by atoms with van der Waals surface area (Å²) >= 11 is 0. The summed E-state index contributed by atoms with van der Waals surface area (Å²) in [7, 11) is 0. The van der Waals surface area contributed by atoms with Gasteiger partial charge in [-0.05, 0) is 24.1 Å². The van der Waals surface area contributed by atoms with E-state index in [2.05, 4.69) is 33.0 Å². The van der Waals surface area contributed by atoms with Crippen molar-refractivity contribution in [2.75, 3.05) is 18.5 Å². The predicted molar refractivity (Wildman–Crippen MR) is 101 cm³/mol. The third-order valence-electron chi connectivity index (χ3n) is 3.41. The molecule has 0 unspecified atom stereocenters. The smallest absolute Gasteiger partial charge is 0.342 e. The van der Waals surface area contributed by atoms with Crippen LogP contribution in [0.1, 0.15) is 31.7 Å². The molecule has 1 amide bonds. The first-order valence-electron chi connectivity index (χ1n) is 8.56. The number of nitrogens with zero attached hydrogens (tertiary/aromatic N) is 2. The first kappa shape index (κ1) is 19.9. The highest BCUT2D eigenvalue weighted by atomic mass is 16.5. The lowest BCUT2D eigenvalue weighted by atomic mass is 10.2. The summed E-state index contributed by atoms with van der Waals surface area (Å²) in [4.78, 5) is 36.0. The van der Waals surface area contributed by atoms with Crippen LogP contribution in [0.5, 0.6) is 5.75 Å². The quantitative estimate of drug-likeness (QED) is 0.272. The molecule has 0 saturated carbocycles. The van der Waals surface area contributed by atoms with Gasteiger partial charge in [0.05, 0.1) is 19.4 Å². The molecular formula is C17H22N6O4. The van der Waals surface area contributed by atoms with Crippen LogP contribution in [-0.4, -0.2) is 40.5 Å². The molecule has 4 N–H and O–H groups in total. The average Bonchev–Trinajstić information content (AvgIpc) is 2.65. The van der Waals surface area contributed by atoms with Gasteiger partial charge in [0.2, 0.25) is 5.82 Å². The van der Waals surface area contributed by atoms with Gasteiger partial charge in [-0.1, -0.05) is 31.9 Å². The Morgan fingerprint density at radius 1 is 1.33 bits per heavy atom. The first-order valence-corrected chi connectivity index (χ1v) is 8.56. The van der Waals surface area contributed by atoms with Crippen molar-refractivity contribution in [3.63, 3.8) is 0 Å². The fourth-order valence-corrected chi connectivity index (χ4v) is 2.08. The van der Waals surface area contributed by atoms with Crippen LogP contribution in [0, 0.1) is 0 Å². The number of aromatic amines is 2. The Labute approximate surface area is 155 Å². The lowest BCUT2D eigenvalue weighted by Gasteiger charge is -2.06. The maximum Gasteiger partial charge on any atom is 0.342 e. The van der Waals surface area contributed by atoms with Crippen molar-refractivity contribution < 1.29 is 9.53 Å². The van der Waals surface area contributed by atoms with E-state index >= 15 is 0 Å². The molecule has 2 rings (SSSR count). The second-order valence-corrected chi connectivity index (χ2v) is 5.63. The van der Waals surface area contributed by atoms with Gasteiger partial charge in [-0.15, -0.1) is 5.10 Å². The summed E-state index contributed by atoms with van der Waals surface area (Å²) < 4.78 is 5.66. The Kier molecular flexibility index (Phi) is 7.76. The zero-order valence-corrected chi connectivity index (χ0v) is 14.9. The Morgan fingerprint density at radius 2 is 2.19 bits per heavy atom. The number of anilines is 1. The highest BCUT2D eigenvalue weighted by Gasteiger charge is 2.04. The van der Waals surface area contributed by atoms with E-state index in [1.165, 1.54) is 6.21 Å². The number of carbonyl (C=O) groups is 1. The highest BCUT2D eigenvalue weighted by molar-refractivity contribution is 5.84. The molecule has 0 aliphatic carbocycles. The van der Waals surface area contributed by atoms with E-state index in [4.69, 9.17) is 4.74 Å². The lowest BCUT2D eigenvalue weighted by molar-refractivity contribution is -0.119. The van der Waals surface area contributed by atoms with Crippen molar-refractivity contribution in [3.8, 4) is 5.75 Å². The van der Waals surface area contributed by atoms with E-state index in [0.717, 1.165) is 30.6 Å². The number of amides is 1. The predicted octanol–water partition coefficient (Wildman–Crippen LogP) is 0.589. The van der Waals surface area contributed by atoms with Gasteiger partial charge in [0.1, 0.15) is 5.75 Å². The van der Waals surface area contributed by atoms with Gasteiger partial charge < -0.3 is 10.1 Å². The minimum absolute atomic E-state index is 0.165. The van der Waals surface area contributed by atoms with E-state index < -0.39 is 17.2 Å². The van der Waals surface area contributed by atoms with E-state index in [9.17, 15) is 14.4 Å². The zero-order valence-electron chi connectivity index (χ0n) is 14.9. The molecule has 1 heterocycles. The number of H-pyrrole nitrogens is 2. The molecule has 10 nitrogen and oxygen atoms in total. The Morgan fingerprint density at radius 3 is 2.96 bits per heavy atom. The van der Waals surface area contributed by atoms with E-state index in [0.29, 0.717) is 6.61 Å². The molecule has 1 aromatic heterocycles. The molecule has 144 valence electrons. The summed E-state index contributed by atoms with van der Waals surface area (Å²) in [6.07, 6.45) is 4.76. The minimum atomic E-state index is -0.726. The van der Waals surface area contributed by atoms with Gasteiger partial charge in [0.15, 0.2) is 0 Å². The van der Waals surface area contributed by atoms with Crippen LogP contribution < -0.4 is 26.7 Å². The maximum atomic E-state index is 11.7. The van der Waals surface area contributed by atoms with Crippen molar-refractivity contribution in [2.24, 2.45) is 5.10 Å². The normalized spacial score (nSPS) is 10.7. The molecular weight excluding hydrogens is 352 g/mol.